The largest absolute Gasteiger partial charge is 0.381 e. The van der Waals surface area contributed by atoms with Crippen LogP contribution in [0.1, 0.15) is 35.3 Å². The third-order valence-corrected chi connectivity index (χ3v) is 3.77. The van der Waals surface area contributed by atoms with Crippen LogP contribution in [0.25, 0.3) is 0 Å². The summed E-state index contributed by atoms with van der Waals surface area (Å²) in [5.41, 5.74) is 6.71. The van der Waals surface area contributed by atoms with Crippen molar-refractivity contribution < 1.29 is 14.3 Å². The van der Waals surface area contributed by atoms with E-state index in [-0.39, 0.29) is 24.3 Å². The lowest BCUT2D eigenvalue weighted by atomic mass is 9.89. The molecule has 1 aliphatic rings. The smallest absolute Gasteiger partial charge is 0.253 e. The van der Waals surface area contributed by atoms with E-state index in [1.807, 2.05) is 6.92 Å². The third kappa shape index (κ3) is 3.60. The molecular weight excluding hydrogens is 258 g/mol. The number of aromatic amines is 1. The molecule has 1 saturated heterocycles. The average molecular weight is 279 g/mol. The molecule has 110 valence electrons. The van der Waals surface area contributed by atoms with Crippen molar-refractivity contribution in [3.63, 3.8) is 0 Å². The Balaban J connectivity index is 2.05. The van der Waals surface area contributed by atoms with E-state index in [2.05, 4.69) is 10.3 Å². The fourth-order valence-electron chi connectivity index (χ4n) is 2.62. The number of ether oxygens (including phenoxy) is 1. The normalized spacial score (nSPS) is 17.6. The predicted octanol–water partition coefficient (Wildman–Crippen LogP) is 0.724. The maximum absolute atomic E-state index is 12.2. The molecule has 0 bridgehead atoms. The number of rotatable bonds is 5. The number of aromatic nitrogens is 1. The van der Waals surface area contributed by atoms with Gasteiger partial charge in [0.05, 0.1) is 5.56 Å². The van der Waals surface area contributed by atoms with Crippen LogP contribution in [0, 0.1) is 12.8 Å². The molecule has 0 aromatic carbocycles. The molecule has 4 N–H and O–H groups in total. The number of nitrogens with one attached hydrogen (secondary N) is 2. The van der Waals surface area contributed by atoms with E-state index in [0.29, 0.717) is 18.8 Å². The molecule has 1 fully saturated rings. The lowest BCUT2D eigenvalue weighted by Crippen LogP contribution is -2.44. The number of H-pyrrole nitrogens is 1. The van der Waals surface area contributed by atoms with Gasteiger partial charge in [0.25, 0.3) is 5.91 Å². The number of hydrogen-bond acceptors (Lipinski definition) is 3. The molecule has 1 aliphatic heterocycles. The van der Waals surface area contributed by atoms with Gasteiger partial charge < -0.3 is 20.8 Å². The van der Waals surface area contributed by atoms with E-state index in [1.54, 1.807) is 12.3 Å². The molecule has 0 radical (unpaired) electrons. The highest BCUT2D eigenvalue weighted by Gasteiger charge is 2.27. The quantitative estimate of drug-likeness (QED) is 0.741. The predicted molar refractivity (Wildman–Crippen MR) is 74.1 cm³/mol. The zero-order valence-electron chi connectivity index (χ0n) is 11.6. The number of carbonyl (C=O) groups excluding carboxylic acids is 2. The molecule has 0 spiro atoms. The number of primary amides is 1. The summed E-state index contributed by atoms with van der Waals surface area (Å²) in [6.07, 6.45) is 3.57. The molecule has 1 aromatic heterocycles. The fourth-order valence-corrected chi connectivity index (χ4v) is 2.62. The van der Waals surface area contributed by atoms with E-state index < -0.39 is 5.91 Å². The second-order valence-corrected chi connectivity index (χ2v) is 5.22. The monoisotopic (exact) mass is 279 g/mol. The summed E-state index contributed by atoms with van der Waals surface area (Å²) in [6, 6.07) is 1.51. The van der Waals surface area contributed by atoms with Gasteiger partial charge in [0, 0.05) is 37.6 Å². The maximum atomic E-state index is 12.2. The highest BCUT2D eigenvalue weighted by Crippen LogP contribution is 2.21. The van der Waals surface area contributed by atoms with Crippen LogP contribution in [0.3, 0.4) is 0 Å². The summed E-state index contributed by atoms with van der Waals surface area (Å²) >= 11 is 0. The second kappa shape index (κ2) is 6.56. The summed E-state index contributed by atoms with van der Waals surface area (Å²) < 4.78 is 5.32. The Morgan fingerprint density at radius 1 is 1.50 bits per heavy atom. The van der Waals surface area contributed by atoms with Gasteiger partial charge in [-0.1, -0.05) is 0 Å². The first kappa shape index (κ1) is 14.6. The summed E-state index contributed by atoms with van der Waals surface area (Å²) in [6.45, 7) is 3.17. The van der Waals surface area contributed by atoms with Crippen LogP contribution in [0.5, 0.6) is 0 Å². The molecule has 6 heteroatoms. The highest BCUT2D eigenvalue weighted by atomic mass is 16.5. The molecule has 2 rings (SSSR count). The van der Waals surface area contributed by atoms with Gasteiger partial charge in [0.15, 0.2) is 0 Å². The van der Waals surface area contributed by atoms with Crippen molar-refractivity contribution in [2.24, 2.45) is 11.7 Å². The van der Waals surface area contributed by atoms with Gasteiger partial charge >= 0.3 is 0 Å². The molecule has 2 amide bonds. The maximum Gasteiger partial charge on any atom is 0.253 e. The summed E-state index contributed by atoms with van der Waals surface area (Å²) in [5.74, 6) is -0.325. The van der Waals surface area contributed by atoms with Gasteiger partial charge in [-0.3, -0.25) is 9.59 Å². The van der Waals surface area contributed by atoms with Gasteiger partial charge in [0.2, 0.25) is 5.91 Å². The second-order valence-electron chi connectivity index (χ2n) is 5.22. The van der Waals surface area contributed by atoms with Crippen molar-refractivity contribution in [3.05, 3.63) is 23.5 Å². The first-order valence-corrected chi connectivity index (χ1v) is 6.89. The molecule has 0 aliphatic carbocycles. The topological polar surface area (TPSA) is 97.2 Å². The Kier molecular flexibility index (Phi) is 4.79. The third-order valence-electron chi connectivity index (χ3n) is 3.77. The van der Waals surface area contributed by atoms with Crippen LogP contribution >= 0.6 is 0 Å². The zero-order chi connectivity index (χ0) is 14.5. The van der Waals surface area contributed by atoms with Crippen LogP contribution < -0.4 is 11.1 Å². The Morgan fingerprint density at radius 3 is 2.75 bits per heavy atom. The number of nitrogens with two attached hydrogens (primary N) is 1. The van der Waals surface area contributed by atoms with Crippen molar-refractivity contribution in [3.8, 4) is 0 Å². The van der Waals surface area contributed by atoms with Crippen molar-refractivity contribution in [1.82, 2.24) is 10.3 Å². The Hall–Kier alpha value is -1.82. The van der Waals surface area contributed by atoms with Crippen molar-refractivity contribution in [2.45, 2.75) is 32.2 Å². The SMILES string of the molecule is Cc1[nH]ccc1C(=O)NC(CC(N)=O)C1CCOCC1. The Morgan fingerprint density at radius 2 is 2.20 bits per heavy atom. The minimum Gasteiger partial charge on any atom is -0.381 e. The Labute approximate surface area is 118 Å². The molecule has 1 atom stereocenters. The minimum atomic E-state index is -0.396. The number of amides is 2. The standard InChI is InChI=1S/C14H21N3O3/c1-9-11(2-5-16-9)14(19)17-12(8-13(15)18)10-3-6-20-7-4-10/h2,5,10,12,16H,3-4,6-8H2,1H3,(H2,15,18)(H,17,19). The summed E-state index contributed by atoms with van der Waals surface area (Å²) in [7, 11) is 0. The first-order valence-electron chi connectivity index (χ1n) is 6.89. The van der Waals surface area contributed by atoms with Crippen LogP contribution in [-0.4, -0.2) is 36.1 Å². The lowest BCUT2D eigenvalue weighted by molar-refractivity contribution is -0.118. The molecule has 0 saturated carbocycles. The fraction of sp³-hybridized carbons (Fsp3) is 0.571. The lowest BCUT2D eigenvalue weighted by Gasteiger charge is -2.30. The van der Waals surface area contributed by atoms with Gasteiger partial charge in [0.1, 0.15) is 0 Å². The van der Waals surface area contributed by atoms with E-state index in [9.17, 15) is 9.59 Å². The van der Waals surface area contributed by atoms with Crippen LogP contribution in [0.15, 0.2) is 12.3 Å². The van der Waals surface area contributed by atoms with Gasteiger partial charge in [-0.2, -0.15) is 0 Å². The van der Waals surface area contributed by atoms with Crippen LogP contribution in [0.4, 0.5) is 0 Å². The molecule has 6 nitrogen and oxygen atoms in total. The van der Waals surface area contributed by atoms with Gasteiger partial charge in [-0.05, 0) is 31.7 Å². The first-order chi connectivity index (χ1) is 9.58. The van der Waals surface area contributed by atoms with Crippen molar-refractivity contribution in [1.29, 1.82) is 0 Å². The zero-order valence-corrected chi connectivity index (χ0v) is 11.6. The summed E-state index contributed by atoms with van der Waals surface area (Å²) in [5, 5.41) is 2.95. The molecular formula is C14H21N3O3. The minimum absolute atomic E-state index is 0.165. The van der Waals surface area contributed by atoms with Crippen molar-refractivity contribution in [2.75, 3.05) is 13.2 Å². The van der Waals surface area contributed by atoms with E-state index in [0.717, 1.165) is 18.5 Å². The highest BCUT2D eigenvalue weighted by molar-refractivity contribution is 5.95. The molecule has 2 heterocycles. The molecule has 1 aromatic rings. The van der Waals surface area contributed by atoms with E-state index >= 15 is 0 Å². The number of hydrogen-bond donors (Lipinski definition) is 3. The van der Waals surface area contributed by atoms with E-state index in [4.69, 9.17) is 10.5 Å². The van der Waals surface area contributed by atoms with Crippen molar-refractivity contribution >= 4 is 11.8 Å². The van der Waals surface area contributed by atoms with E-state index in [1.165, 1.54) is 0 Å². The summed E-state index contributed by atoms with van der Waals surface area (Å²) in [4.78, 5) is 26.4. The van der Waals surface area contributed by atoms with Crippen LogP contribution in [0.2, 0.25) is 0 Å². The molecule has 1 unspecified atom stereocenters. The average Bonchev–Trinajstić information content (AvgIpc) is 2.85. The van der Waals surface area contributed by atoms with Gasteiger partial charge in [-0.15, -0.1) is 0 Å². The number of carbonyl (C=O) groups is 2. The molecule has 20 heavy (non-hydrogen) atoms. The van der Waals surface area contributed by atoms with Gasteiger partial charge in [-0.25, -0.2) is 0 Å². The Bertz CT molecular complexity index is 478. The number of aryl methyl sites for hydroxylation is 1. The van der Waals surface area contributed by atoms with Crippen LogP contribution in [-0.2, 0) is 9.53 Å².